The van der Waals surface area contributed by atoms with E-state index in [1.165, 1.54) is 0 Å². The van der Waals surface area contributed by atoms with Crippen LogP contribution in [0.15, 0.2) is 24.3 Å². The van der Waals surface area contributed by atoms with E-state index in [-0.39, 0.29) is 11.9 Å². The predicted molar refractivity (Wildman–Crippen MR) is 63.3 cm³/mol. The van der Waals surface area contributed by atoms with E-state index in [0.29, 0.717) is 11.3 Å². The van der Waals surface area contributed by atoms with Crippen LogP contribution in [-0.4, -0.2) is 33.5 Å². The molecule has 2 heterocycles. The minimum Gasteiger partial charge on any atom is -0.366 e. The van der Waals surface area contributed by atoms with Crippen LogP contribution in [0.3, 0.4) is 0 Å². The normalized spacial score (nSPS) is 32.5. The van der Waals surface area contributed by atoms with E-state index < -0.39 is 5.72 Å². The average molecular weight is 235 g/mol. The topological polar surface area (TPSA) is 40.5 Å². The monoisotopic (exact) mass is 235 g/mol. The number of fused-ring (bicyclic) bond motifs is 3. The fourth-order valence-corrected chi connectivity index (χ4v) is 3.79. The number of hydrogen-bond acceptors (Lipinski definition) is 3. The molecule has 0 aliphatic carbocycles. The lowest BCUT2D eigenvalue weighted by Crippen LogP contribution is -2.54. The molecule has 3 rings (SSSR count). The number of benzene rings is 1. The Bertz CT molecular complexity index is 462. The lowest BCUT2D eigenvalue weighted by atomic mass is 10.0. The van der Waals surface area contributed by atoms with Crippen molar-refractivity contribution in [1.82, 2.24) is 4.90 Å². The van der Waals surface area contributed by atoms with Crippen LogP contribution in [0.4, 0.5) is 0 Å². The Labute approximate surface area is 98.4 Å². The molecule has 1 aromatic carbocycles. The minimum absolute atomic E-state index is 0.0362. The summed E-state index contributed by atoms with van der Waals surface area (Å²) in [5.41, 5.74) is 0.328. The van der Waals surface area contributed by atoms with Crippen LogP contribution in [0.25, 0.3) is 0 Å². The summed E-state index contributed by atoms with van der Waals surface area (Å²) in [6.45, 7) is 1.99. The summed E-state index contributed by atoms with van der Waals surface area (Å²) >= 11 is 1.70. The summed E-state index contributed by atoms with van der Waals surface area (Å²) in [5.74, 6) is 1.42. The van der Waals surface area contributed by atoms with Crippen molar-refractivity contribution in [3.63, 3.8) is 0 Å². The fourth-order valence-electron chi connectivity index (χ4n) is 2.60. The van der Waals surface area contributed by atoms with Crippen LogP contribution in [0, 0.1) is 0 Å². The molecular weight excluding hydrogens is 222 g/mol. The van der Waals surface area contributed by atoms with E-state index in [0.717, 1.165) is 11.3 Å². The summed E-state index contributed by atoms with van der Waals surface area (Å²) < 4.78 is 0. The van der Waals surface area contributed by atoms with Crippen LogP contribution in [0.2, 0.25) is 0 Å². The molecular formula is C12H13NO2S. The third kappa shape index (κ3) is 1.11. The Morgan fingerprint density at radius 2 is 2.25 bits per heavy atom. The molecule has 1 saturated heterocycles. The molecule has 3 nitrogen and oxygen atoms in total. The first kappa shape index (κ1) is 10.2. The predicted octanol–water partition coefficient (Wildman–Crippen LogP) is 1.42. The van der Waals surface area contributed by atoms with Gasteiger partial charge in [0.25, 0.3) is 5.91 Å². The highest BCUT2D eigenvalue weighted by Crippen LogP contribution is 2.43. The summed E-state index contributed by atoms with van der Waals surface area (Å²) in [6, 6.07) is 7.45. The van der Waals surface area contributed by atoms with Crippen LogP contribution >= 0.6 is 11.8 Å². The molecule has 0 saturated carbocycles. The van der Waals surface area contributed by atoms with Gasteiger partial charge >= 0.3 is 0 Å². The van der Waals surface area contributed by atoms with Gasteiger partial charge in [-0.2, -0.15) is 11.8 Å². The van der Waals surface area contributed by atoms with Crippen molar-refractivity contribution < 1.29 is 9.90 Å². The SMILES string of the molecule is CC1CSCC2(O)c3ccccc3C(=O)N12. The van der Waals surface area contributed by atoms with Crippen molar-refractivity contribution in [3.8, 4) is 0 Å². The number of carbonyl (C=O) groups excluding carboxylic acids is 1. The number of amides is 1. The Kier molecular flexibility index (Phi) is 2.06. The van der Waals surface area contributed by atoms with Gasteiger partial charge in [-0.25, -0.2) is 0 Å². The van der Waals surface area contributed by atoms with Gasteiger partial charge in [-0.15, -0.1) is 0 Å². The van der Waals surface area contributed by atoms with Crippen molar-refractivity contribution in [1.29, 1.82) is 0 Å². The molecule has 2 aliphatic heterocycles. The highest BCUT2D eigenvalue weighted by molar-refractivity contribution is 7.99. The first-order chi connectivity index (χ1) is 7.64. The third-order valence-electron chi connectivity index (χ3n) is 3.31. The number of thioether (sulfide) groups is 1. The third-order valence-corrected chi connectivity index (χ3v) is 4.63. The van der Waals surface area contributed by atoms with Gasteiger partial charge in [0.2, 0.25) is 0 Å². The number of carbonyl (C=O) groups is 1. The highest BCUT2D eigenvalue weighted by Gasteiger charge is 2.52. The second kappa shape index (κ2) is 3.25. The maximum atomic E-state index is 12.2. The molecule has 2 unspecified atom stereocenters. The second-order valence-corrected chi connectivity index (χ2v) is 5.43. The quantitative estimate of drug-likeness (QED) is 0.739. The van der Waals surface area contributed by atoms with Crippen LogP contribution in [0.5, 0.6) is 0 Å². The molecule has 0 bridgehead atoms. The summed E-state index contributed by atoms with van der Waals surface area (Å²) in [5, 5.41) is 10.7. The van der Waals surface area contributed by atoms with Gasteiger partial charge in [0.15, 0.2) is 5.72 Å². The highest BCUT2D eigenvalue weighted by atomic mass is 32.2. The van der Waals surface area contributed by atoms with Gasteiger partial charge < -0.3 is 10.0 Å². The van der Waals surface area contributed by atoms with Crippen molar-refractivity contribution in [2.75, 3.05) is 11.5 Å². The number of hydrogen-bond donors (Lipinski definition) is 1. The van der Waals surface area contributed by atoms with E-state index in [4.69, 9.17) is 0 Å². The van der Waals surface area contributed by atoms with Gasteiger partial charge in [0.05, 0.1) is 0 Å². The summed E-state index contributed by atoms with van der Waals surface area (Å²) in [7, 11) is 0. The fraction of sp³-hybridized carbons (Fsp3) is 0.417. The maximum absolute atomic E-state index is 12.2. The Balaban J connectivity index is 2.20. The Hall–Kier alpha value is -1.00. The van der Waals surface area contributed by atoms with E-state index in [2.05, 4.69) is 0 Å². The molecule has 0 radical (unpaired) electrons. The minimum atomic E-state index is -1.09. The first-order valence-corrected chi connectivity index (χ1v) is 6.53. The van der Waals surface area contributed by atoms with E-state index in [1.54, 1.807) is 22.7 Å². The zero-order valence-electron chi connectivity index (χ0n) is 9.01. The van der Waals surface area contributed by atoms with Gasteiger partial charge in [-0.1, -0.05) is 18.2 Å². The van der Waals surface area contributed by atoms with Crippen LogP contribution in [-0.2, 0) is 5.72 Å². The van der Waals surface area contributed by atoms with Crippen molar-refractivity contribution in [3.05, 3.63) is 35.4 Å². The smallest absolute Gasteiger partial charge is 0.257 e. The van der Waals surface area contributed by atoms with Crippen molar-refractivity contribution in [2.45, 2.75) is 18.7 Å². The van der Waals surface area contributed by atoms with E-state index in [1.807, 2.05) is 25.1 Å². The number of rotatable bonds is 0. The number of nitrogens with zero attached hydrogens (tertiary/aromatic N) is 1. The average Bonchev–Trinajstić information content (AvgIpc) is 2.50. The number of aliphatic hydroxyl groups is 1. The zero-order chi connectivity index (χ0) is 11.3. The van der Waals surface area contributed by atoms with Crippen LogP contribution in [0.1, 0.15) is 22.8 Å². The Morgan fingerprint density at radius 3 is 3.06 bits per heavy atom. The molecule has 1 N–H and O–H groups in total. The molecule has 1 fully saturated rings. The maximum Gasteiger partial charge on any atom is 0.257 e. The largest absolute Gasteiger partial charge is 0.366 e. The first-order valence-electron chi connectivity index (χ1n) is 5.38. The molecule has 2 aliphatic rings. The van der Waals surface area contributed by atoms with Crippen molar-refractivity contribution in [2.24, 2.45) is 0 Å². The van der Waals surface area contributed by atoms with Gasteiger partial charge in [-0.3, -0.25) is 4.79 Å². The molecule has 84 valence electrons. The van der Waals surface area contributed by atoms with Gasteiger partial charge in [0.1, 0.15) is 0 Å². The summed E-state index contributed by atoms with van der Waals surface area (Å²) in [6.07, 6.45) is 0. The Morgan fingerprint density at radius 1 is 1.50 bits per heavy atom. The molecule has 16 heavy (non-hydrogen) atoms. The zero-order valence-corrected chi connectivity index (χ0v) is 9.83. The van der Waals surface area contributed by atoms with Crippen molar-refractivity contribution >= 4 is 17.7 Å². The molecule has 1 amide bonds. The molecule has 0 spiro atoms. The lowest BCUT2D eigenvalue weighted by molar-refractivity contribution is -0.0808. The molecule has 4 heteroatoms. The molecule has 0 aromatic heterocycles. The van der Waals surface area contributed by atoms with Crippen LogP contribution < -0.4 is 0 Å². The molecule has 1 aromatic rings. The van der Waals surface area contributed by atoms with E-state index >= 15 is 0 Å². The lowest BCUT2D eigenvalue weighted by Gasteiger charge is -2.42. The second-order valence-electron chi connectivity index (χ2n) is 4.40. The van der Waals surface area contributed by atoms with Gasteiger partial charge in [-0.05, 0) is 13.0 Å². The van der Waals surface area contributed by atoms with E-state index in [9.17, 15) is 9.90 Å². The standard InChI is InChI=1S/C12H13NO2S/c1-8-6-16-7-12(15)10-5-3-2-4-9(10)11(14)13(8)12/h2-5,8,15H,6-7H2,1H3. The van der Waals surface area contributed by atoms with Gasteiger partial charge in [0, 0.05) is 28.7 Å². The molecule has 2 atom stereocenters. The summed E-state index contributed by atoms with van der Waals surface area (Å²) in [4.78, 5) is 13.8.